The molecule has 0 radical (unpaired) electrons. The number of rotatable bonds is 3. The molecule has 6 nitrogen and oxygen atoms in total. The third-order valence-electron chi connectivity index (χ3n) is 2.04. The first kappa shape index (κ1) is 13.8. The summed E-state index contributed by atoms with van der Waals surface area (Å²) < 4.78 is 24.5. The van der Waals surface area contributed by atoms with Gasteiger partial charge in [0.05, 0.1) is 5.02 Å². The molecule has 1 aromatic rings. The van der Waals surface area contributed by atoms with Crippen molar-refractivity contribution in [1.82, 2.24) is 4.31 Å². The number of carboxylic acid groups (broad SMARTS) is 1. The highest BCUT2D eigenvalue weighted by Crippen LogP contribution is 2.30. The van der Waals surface area contributed by atoms with E-state index in [0.717, 1.165) is 16.4 Å². The van der Waals surface area contributed by atoms with Crippen molar-refractivity contribution in [2.24, 2.45) is 0 Å². The number of hydrogen-bond donors (Lipinski definition) is 2. The van der Waals surface area contributed by atoms with Crippen LogP contribution in [0, 0.1) is 0 Å². The summed E-state index contributed by atoms with van der Waals surface area (Å²) in [6.45, 7) is 0. The topological polar surface area (TPSA) is 94.9 Å². The molecule has 1 rings (SSSR count). The minimum atomic E-state index is -3.85. The van der Waals surface area contributed by atoms with Crippen molar-refractivity contribution in [3.8, 4) is 5.75 Å². The molecule has 0 heterocycles. The van der Waals surface area contributed by atoms with Crippen LogP contribution in [-0.4, -0.2) is 43.0 Å². The zero-order valence-electron chi connectivity index (χ0n) is 9.01. The molecule has 2 N–H and O–H groups in total. The van der Waals surface area contributed by atoms with Gasteiger partial charge in [0.15, 0.2) is 0 Å². The normalized spacial score (nSPS) is 11.8. The van der Waals surface area contributed by atoms with E-state index in [0.29, 0.717) is 0 Å². The minimum Gasteiger partial charge on any atom is -0.507 e. The maximum atomic E-state index is 11.8. The number of sulfonamides is 1. The summed E-state index contributed by atoms with van der Waals surface area (Å²) in [7, 11) is -1.27. The van der Waals surface area contributed by atoms with E-state index < -0.39 is 27.3 Å². The lowest BCUT2D eigenvalue weighted by Crippen LogP contribution is -2.22. The molecule has 0 saturated carbocycles. The van der Waals surface area contributed by atoms with Gasteiger partial charge >= 0.3 is 5.97 Å². The molecule has 1 aromatic carbocycles. The van der Waals surface area contributed by atoms with E-state index in [9.17, 15) is 18.3 Å². The molecule has 0 aromatic heterocycles. The van der Waals surface area contributed by atoms with Gasteiger partial charge in [0, 0.05) is 20.2 Å². The molecule has 0 unspecified atom stereocenters. The molecule has 0 atom stereocenters. The Morgan fingerprint density at radius 2 is 1.88 bits per heavy atom. The molecular weight excluding hydrogens is 270 g/mol. The number of nitrogens with zero attached hydrogens (tertiary/aromatic N) is 1. The third kappa shape index (κ3) is 2.51. The van der Waals surface area contributed by atoms with E-state index >= 15 is 0 Å². The number of carbonyl (C=O) groups is 1. The minimum absolute atomic E-state index is 0.235. The van der Waals surface area contributed by atoms with Crippen molar-refractivity contribution in [3.63, 3.8) is 0 Å². The van der Waals surface area contributed by atoms with Crippen molar-refractivity contribution in [2.75, 3.05) is 14.1 Å². The number of carboxylic acids is 1. The van der Waals surface area contributed by atoms with Crippen molar-refractivity contribution < 1.29 is 23.4 Å². The van der Waals surface area contributed by atoms with Gasteiger partial charge in [-0.25, -0.2) is 17.5 Å². The summed E-state index contributed by atoms with van der Waals surface area (Å²) in [4.78, 5) is 10.4. The number of phenols is 1. The molecule has 0 bridgehead atoms. The smallest absolute Gasteiger partial charge is 0.339 e. The van der Waals surface area contributed by atoms with Crippen LogP contribution in [0.15, 0.2) is 17.0 Å². The molecule has 0 aliphatic rings. The van der Waals surface area contributed by atoms with Crippen molar-refractivity contribution in [1.29, 1.82) is 0 Å². The molecule has 0 saturated heterocycles. The van der Waals surface area contributed by atoms with Gasteiger partial charge in [-0.1, -0.05) is 11.6 Å². The van der Waals surface area contributed by atoms with Crippen LogP contribution in [0.5, 0.6) is 5.75 Å². The molecule has 0 amide bonds. The molecule has 17 heavy (non-hydrogen) atoms. The summed E-state index contributed by atoms with van der Waals surface area (Å²) in [5.74, 6) is -2.02. The van der Waals surface area contributed by atoms with Gasteiger partial charge in [0.2, 0.25) is 10.0 Å². The molecule has 0 spiro atoms. The van der Waals surface area contributed by atoms with Crippen LogP contribution >= 0.6 is 11.6 Å². The second-order valence-corrected chi connectivity index (χ2v) is 5.92. The van der Waals surface area contributed by atoms with Crippen molar-refractivity contribution in [3.05, 3.63) is 22.7 Å². The van der Waals surface area contributed by atoms with Crippen LogP contribution in [0.4, 0.5) is 0 Å². The number of hydrogen-bond acceptors (Lipinski definition) is 4. The molecule has 0 aliphatic carbocycles. The van der Waals surface area contributed by atoms with Crippen LogP contribution in [0.25, 0.3) is 0 Å². The molecule has 94 valence electrons. The van der Waals surface area contributed by atoms with Crippen LogP contribution in [-0.2, 0) is 10.0 Å². The first-order chi connectivity index (χ1) is 7.67. The van der Waals surface area contributed by atoms with E-state index in [1.165, 1.54) is 14.1 Å². The van der Waals surface area contributed by atoms with Gasteiger partial charge in [-0.05, 0) is 6.07 Å². The lowest BCUT2D eigenvalue weighted by Gasteiger charge is -2.13. The monoisotopic (exact) mass is 279 g/mol. The predicted molar refractivity (Wildman–Crippen MR) is 60.9 cm³/mol. The Morgan fingerprint density at radius 3 is 2.29 bits per heavy atom. The number of aromatic carboxylic acids is 1. The predicted octanol–water partition coefficient (Wildman–Crippen LogP) is 0.994. The lowest BCUT2D eigenvalue weighted by molar-refractivity contribution is 0.0693. The fraction of sp³-hybridized carbons (Fsp3) is 0.222. The zero-order chi connectivity index (χ0) is 13.4. The summed E-state index contributed by atoms with van der Waals surface area (Å²) in [6.07, 6.45) is 0. The third-order valence-corrected chi connectivity index (χ3v) is 4.32. The Morgan fingerprint density at radius 1 is 1.35 bits per heavy atom. The first-order valence-corrected chi connectivity index (χ1v) is 6.18. The van der Waals surface area contributed by atoms with E-state index in [1.54, 1.807) is 0 Å². The van der Waals surface area contributed by atoms with E-state index in [-0.39, 0.29) is 9.92 Å². The van der Waals surface area contributed by atoms with Crippen LogP contribution in [0.3, 0.4) is 0 Å². The molecular formula is C9H10ClNO5S. The highest BCUT2D eigenvalue weighted by Gasteiger charge is 2.24. The number of aromatic hydroxyl groups is 1. The fourth-order valence-electron chi connectivity index (χ4n) is 1.11. The zero-order valence-corrected chi connectivity index (χ0v) is 10.6. The summed E-state index contributed by atoms with van der Waals surface area (Å²) in [5.41, 5.74) is -0.519. The van der Waals surface area contributed by atoms with Gasteiger partial charge < -0.3 is 10.2 Å². The van der Waals surface area contributed by atoms with Crippen molar-refractivity contribution >= 4 is 27.6 Å². The SMILES string of the molecule is CN(C)S(=O)(=O)c1cc(C(=O)O)c(O)cc1Cl. The standard InChI is InChI=1S/C9H10ClNO5S/c1-11(2)17(15,16)8-3-5(9(13)14)7(12)4-6(8)10/h3-4,12H,1-2H3,(H,13,14). The second kappa shape index (κ2) is 4.52. The van der Waals surface area contributed by atoms with E-state index in [2.05, 4.69) is 0 Å². The quantitative estimate of drug-likeness (QED) is 0.860. The van der Waals surface area contributed by atoms with Crippen molar-refractivity contribution in [2.45, 2.75) is 4.90 Å². The van der Waals surface area contributed by atoms with Gasteiger partial charge in [-0.2, -0.15) is 0 Å². The first-order valence-electron chi connectivity index (χ1n) is 4.36. The summed E-state index contributed by atoms with van der Waals surface area (Å²) in [5, 5.41) is 17.9. The van der Waals surface area contributed by atoms with Gasteiger partial charge in [-0.3, -0.25) is 0 Å². The molecule has 0 fully saturated rings. The number of benzene rings is 1. The van der Waals surface area contributed by atoms with Gasteiger partial charge in [-0.15, -0.1) is 0 Å². The highest BCUT2D eigenvalue weighted by atomic mass is 35.5. The maximum absolute atomic E-state index is 11.8. The summed E-state index contributed by atoms with van der Waals surface area (Å²) in [6, 6.07) is 1.72. The maximum Gasteiger partial charge on any atom is 0.339 e. The van der Waals surface area contributed by atoms with Crippen LogP contribution in [0.2, 0.25) is 5.02 Å². The summed E-state index contributed by atoms with van der Waals surface area (Å²) >= 11 is 5.68. The second-order valence-electron chi connectivity index (χ2n) is 3.39. The molecule has 8 heteroatoms. The fourth-order valence-corrected chi connectivity index (χ4v) is 2.52. The Bertz CT molecular complexity index is 567. The Labute approximate surface area is 103 Å². The van der Waals surface area contributed by atoms with Gasteiger partial charge in [0.25, 0.3) is 0 Å². The van der Waals surface area contributed by atoms with Crippen LogP contribution in [0.1, 0.15) is 10.4 Å². The Hall–Kier alpha value is -1.31. The molecule has 0 aliphatic heterocycles. The Kier molecular flexibility index (Phi) is 3.65. The number of halogens is 1. The average molecular weight is 280 g/mol. The van der Waals surface area contributed by atoms with E-state index in [1.807, 2.05) is 0 Å². The van der Waals surface area contributed by atoms with Gasteiger partial charge in [0.1, 0.15) is 16.2 Å². The highest BCUT2D eigenvalue weighted by molar-refractivity contribution is 7.89. The lowest BCUT2D eigenvalue weighted by atomic mass is 10.2. The average Bonchev–Trinajstić information content (AvgIpc) is 2.15. The van der Waals surface area contributed by atoms with E-state index in [4.69, 9.17) is 16.7 Å². The van der Waals surface area contributed by atoms with Crippen LogP contribution < -0.4 is 0 Å². The largest absolute Gasteiger partial charge is 0.507 e. The Balaban J connectivity index is 3.57.